The Hall–Kier alpha value is -1.36. The van der Waals surface area contributed by atoms with Crippen LogP contribution in [0.25, 0.3) is 0 Å². The molecule has 17 heavy (non-hydrogen) atoms. The van der Waals surface area contributed by atoms with E-state index >= 15 is 0 Å². The first-order valence-electron chi connectivity index (χ1n) is 5.26. The van der Waals surface area contributed by atoms with Crippen LogP contribution in [0.2, 0.25) is 0 Å². The quantitative estimate of drug-likeness (QED) is 0.654. The molecule has 0 aliphatic rings. The van der Waals surface area contributed by atoms with Crippen molar-refractivity contribution in [3.63, 3.8) is 0 Å². The number of rotatable bonds is 4. The highest BCUT2D eigenvalue weighted by atomic mass is 19.2. The Kier molecular flexibility index (Phi) is 4.28. The van der Waals surface area contributed by atoms with Crippen LogP contribution in [-0.2, 0) is 0 Å². The molecule has 0 saturated heterocycles. The lowest BCUT2D eigenvalue weighted by Gasteiger charge is -2.14. The summed E-state index contributed by atoms with van der Waals surface area (Å²) < 4.78 is 38.9. The number of carbonyl (C=O) groups is 1. The number of hydrogen-bond donors (Lipinski definition) is 1. The van der Waals surface area contributed by atoms with Gasteiger partial charge in [0.1, 0.15) is 0 Å². The van der Waals surface area contributed by atoms with Crippen molar-refractivity contribution in [2.45, 2.75) is 26.3 Å². The summed E-state index contributed by atoms with van der Waals surface area (Å²) in [7, 11) is 0. The molecule has 1 atom stereocenters. The summed E-state index contributed by atoms with van der Waals surface area (Å²) in [5.74, 6) is -4.97. The second kappa shape index (κ2) is 5.31. The number of carbonyl (C=O) groups excluding carboxylic acids is 1. The number of hydrogen-bond acceptors (Lipinski definition) is 2. The third kappa shape index (κ3) is 3.06. The van der Waals surface area contributed by atoms with Gasteiger partial charge in [-0.2, -0.15) is 0 Å². The monoisotopic (exact) mass is 245 g/mol. The Bertz CT molecular complexity index is 432. The lowest BCUT2D eigenvalue weighted by Crippen LogP contribution is -2.29. The van der Waals surface area contributed by atoms with Crippen LogP contribution in [-0.4, -0.2) is 11.8 Å². The smallest absolute Gasteiger partial charge is 0.195 e. The Balaban J connectivity index is 2.94. The van der Waals surface area contributed by atoms with Crippen molar-refractivity contribution >= 4 is 5.78 Å². The summed E-state index contributed by atoms with van der Waals surface area (Å²) in [5.41, 5.74) is 5.20. The van der Waals surface area contributed by atoms with Crippen molar-refractivity contribution in [2.75, 3.05) is 0 Å². The maximum Gasteiger partial charge on any atom is 0.195 e. The average molecular weight is 245 g/mol. The van der Waals surface area contributed by atoms with Gasteiger partial charge in [0.2, 0.25) is 0 Å². The lowest BCUT2D eigenvalue weighted by molar-refractivity contribution is 0.0962. The molecule has 1 unspecified atom stereocenters. The standard InChI is InChI=1S/C12H14F3NO/c1-6(2)9(16)5-10(17)7-3-4-8(13)12(15)11(7)14/h3-4,6,9H,5,16H2,1-2H3. The van der Waals surface area contributed by atoms with Crippen LogP contribution < -0.4 is 5.73 Å². The number of ketones is 1. The normalized spacial score (nSPS) is 12.9. The van der Waals surface area contributed by atoms with E-state index in [4.69, 9.17) is 5.73 Å². The highest BCUT2D eigenvalue weighted by molar-refractivity contribution is 5.96. The highest BCUT2D eigenvalue weighted by Gasteiger charge is 2.21. The molecular formula is C12H14F3NO. The van der Waals surface area contributed by atoms with Gasteiger partial charge in [-0.1, -0.05) is 13.8 Å². The first-order chi connectivity index (χ1) is 7.84. The van der Waals surface area contributed by atoms with Gasteiger partial charge in [-0.15, -0.1) is 0 Å². The van der Waals surface area contributed by atoms with Crippen LogP contribution in [0.15, 0.2) is 12.1 Å². The minimum absolute atomic E-state index is 0.0484. The first kappa shape index (κ1) is 13.7. The van der Waals surface area contributed by atoms with Crippen molar-refractivity contribution in [1.82, 2.24) is 0 Å². The van der Waals surface area contributed by atoms with Crippen LogP contribution in [0, 0.1) is 23.4 Å². The van der Waals surface area contributed by atoms with E-state index < -0.39 is 34.8 Å². The SMILES string of the molecule is CC(C)C(N)CC(=O)c1ccc(F)c(F)c1F. The molecule has 0 aliphatic carbocycles. The molecule has 1 rings (SSSR count). The summed E-state index contributed by atoms with van der Waals surface area (Å²) in [5, 5.41) is 0. The topological polar surface area (TPSA) is 43.1 Å². The van der Waals surface area contributed by atoms with Crippen LogP contribution in [0.3, 0.4) is 0 Å². The van der Waals surface area contributed by atoms with Crippen LogP contribution in [0.1, 0.15) is 30.6 Å². The molecule has 1 aromatic rings. The van der Waals surface area contributed by atoms with Crippen molar-refractivity contribution in [1.29, 1.82) is 0 Å². The van der Waals surface area contributed by atoms with E-state index in [9.17, 15) is 18.0 Å². The van der Waals surface area contributed by atoms with E-state index in [1.54, 1.807) is 0 Å². The molecule has 94 valence electrons. The van der Waals surface area contributed by atoms with Crippen molar-refractivity contribution in [3.8, 4) is 0 Å². The summed E-state index contributed by atoms with van der Waals surface area (Å²) in [6.07, 6.45) is -0.0976. The summed E-state index contributed by atoms with van der Waals surface area (Å²) in [6, 6.07) is 1.23. The Morgan fingerprint density at radius 3 is 2.35 bits per heavy atom. The number of Topliss-reactive ketones (excluding diaryl/α,β-unsaturated/α-hetero) is 1. The largest absolute Gasteiger partial charge is 0.327 e. The summed E-state index contributed by atoms with van der Waals surface area (Å²) in [6.45, 7) is 3.64. The fraction of sp³-hybridized carbons (Fsp3) is 0.417. The molecule has 2 nitrogen and oxygen atoms in total. The van der Waals surface area contributed by atoms with Crippen LogP contribution >= 0.6 is 0 Å². The van der Waals surface area contributed by atoms with Crippen LogP contribution in [0.5, 0.6) is 0 Å². The van der Waals surface area contributed by atoms with Crippen molar-refractivity contribution in [3.05, 3.63) is 35.1 Å². The highest BCUT2D eigenvalue weighted by Crippen LogP contribution is 2.18. The maximum atomic E-state index is 13.3. The molecule has 0 saturated carbocycles. The second-order valence-corrected chi connectivity index (χ2v) is 4.26. The average Bonchev–Trinajstić information content (AvgIpc) is 2.25. The predicted molar refractivity (Wildman–Crippen MR) is 58.1 cm³/mol. The van der Waals surface area contributed by atoms with E-state index in [1.165, 1.54) is 0 Å². The van der Waals surface area contributed by atoms with Gasteiger partial charge in [0.25, 0.3) is 0 Å². The number of nitrogens with two attached hydrogens (primary N) is 1. The molecule has 0 heterocycles. The molecule has 1 aromatic carbocycles. The predicted octanol–water partition coefficient (Wildman–Crippen LogP) is 2.66. The van der Waals surface area contributed by atoms with Gasteiger partial charge in [0.05, 0.1) is 5.56 Å². The molecule has 0 aromatic heterocycles. The molecule has 0 aliphatic heterocycles. The van der Waals surface area contributed by atoms with Gasteiger partial charge in [-0.05, 0) is 18.1 Å². The first-order valence-corrected chi connectivity index (χ1v) is 5.26. The van der Waals surface area contributed by atoms with Crippen LogP contribution in [0.4, 0.5) is 13.2 Å². The zero-order valence-electron chi connectivity index (χ0n) is 9.64. The molecule has 0 amide bonds. The Labute approximate surface area is 97.6 Å². The van der Waals surface area contributed by atoms with Gasteiger partial charge in [0, 0.05) is 12.5 Å². The van der Waals surface area contributed by atoms with E-state index in [-0.39, 0.29) is 12.3 Å². The van der Waals surface area contributed by atoms with E-state index in [0.717, 1.165) is 12.1 Å². The van der Waals surface area contributed by atoms with Gasteiger partial charge >= 0.3 is 0 Å². The van der Waals surface area contributed by atoms with Gasteiger partial charge in [-0.25, -0.2) is 13.2 Å². The number of halogens is 3. The molecule has 2 N–H and O–H groups in total. The summed E-state index contributed by atoms with van der Waals surface area (Å²) in [4.78, 5) is 11.6. The Morgan fingerprint density at radius 2 is 1.82 bits per heavy atom. The van der Waals surface area contributed by atoms with Crippen molar-refractivity contribution < 1.29 is 18.0 Å². The molecule has 5 heteroatoms. The molecule has 0 bridgehead atoms. The number of benzene rings is 1. The third-order valence-corrected chi connectivity index (χ3v) is 2.61. The molecular weight excluding hydrogens is 231 g/mol. The fourth-order valence-electron chi connectivity index (χ4n) is 1.30. The molecule has 0 spiro atoms. The minimum atomic E-state index is -1.63. The van der Waals surface area contributed by atoms with Gasteiger partial charge in [0.15, 0.2) is 23.2 Å². The van der Waals surface area contributed by atoms with E-state index in [2.05, 4.69) is 0 Å². The molecule has 0 radical (unpaired) electrons. The zero-order chi connectivity index (χ0) is 13.2. The van der Waals surface area contributed by atoms with Crippen molar-refractivity contribution in [2.24, 2.45) is 11.7 Å². The molecule has 0 fully saturated rings. The van der Waals surface area contributed by atoms with Gasteiger partial charge < -0.3 is 5.73 Å². The lowest BCUT2D eigenvalue weighted by atomic mass is 9.96. The fourth-order valence-corrected chi connectivity index (χ4v) is 1.30. The van der Waals surface area contributed by atoms with E-state index in [1.807, 2.05) is 13.8 Å². The summed E-state index contributed by atoms with van der Waals surface area (Å²) >= 11 is 0. The zero-order valence-corrected chi connectivity index (χ0v) is 9.64. The minimum Gasteiger partial charge on any atom is -0.327 e. The maximum absolute atomic E-state index is 13.3. The second-order valence-electron chi connectivity index (χ2n) is 4.26. The van der Waals surface area contributed by atoms with E-state index in [0.29, 0.717) is 0 Å². The Morgan fingerprint density at radius 1 is 1.24 bits per heavy atom. The van der Waals surface area contributed by atoms with Gasteiger partial charge in [-0.3, -0.25) is 4.79 Å². The third-order valence-electron chi connectivity index (χ3n) is 2.61.